The molecule has 0 radical (unpaired) electrons. The minimum atomic E-state index is -0.0654. The minimum absolute atomic E-state index is 0.00378. The van der Waals surface area contributed by atoms with Crippen LogP contribution < -0.4 is 10.6 Å². The second-order valence-electron chi connectivity index (χ2n) is 7.81. The van der Waals surface area contributed by atoms with E-state index < -0.39 is 0 Å². The molecule has 2 atom stereocenters. The fourth-order valence-corrected chi connectivity index (χ4v) is 4.56. The number of aromatic nitrogens is 1. The van der Waals surface area contributed by atoms with Crippen LogP contribution in [0.15, 0.2) is 72.2 Å². The molecule has 0 bridgehead atoms. The van der Waals surface area contributed by atoms with Crippen LogP contribution in [0.2, 0.25) is 0 Å². The number of hydrogen-bond donors (Lipinski definition) is 2. The maximum atomic E-state index is 12.7. The van der Waals surface area contributed by atoms with Crippen molar-refractivity contribution in [1.29, 1.82) is 0 Å². The Hall–Kier alpha value is -3.03. The lowest BCUT2D eigenvalue weighted by Gasteiger charge is -2.19. The number of thiazole rings is 1. The number of benzene rings is 2. The van der Waals surface area contributed by atoms with Crippen molar-refractivity contribution in [2.75, 3.05) is 18.4 Å². The van der Waals surface area contributed by atoms with Gasteiger partial charge in [0.25, 0.3) is 5.91 Å². The number of anilines is 1. The topological polar surface area (TPSA) is 74.3 Å². The number of likely N-dealkylation sites (tertiary alicyclic amines) is 1. The molecule has 2 amide bonds. The molecule has 2 aromatic carbocycles. The van der Waals surface area contributed by atoms with E-state index in [9.17, 15) is 9.59 Å². The summed E-state index contributed by atoms with van der Waals surface area (Å²) in [5.41, 5.74) is 1.90. The molecule has 1 saturated heterocycles. The first-order valence-corrected chi connectivity index (χ1v) is 11.4. The summed E-state index contributed by atoms with van der Waals surface area (Å²) in [6.07, 6.45) is 2.79. The van der Waals surface area contributed by atoms with E-state index >= 15 is 0 Å². The van der Waals surface area contributed by atoms with Crippen LogP contribution >= 0.6 is 11.3 Å². The lowest BCUT2D eigenvalue weighted by molar-refractivity contribution is -0.116. The molecule has 0 aliphatic carbocycles. The first-order chi connectivity index (χ1) is 15.2. The number of hydrogen-bond acceptors (Lipinski definition) is 5. The molecule has 1 aliphatic rings. The van der Waals surface area contributed by atoms with Crippen LogP contribution in [0.1, 0.15) is 28.8 Å². The third kappa shape index (κ3) is 5.99. The highest BCUT2D eigenvalue weighted by Gasteiger charge is 2.34. The molecule has 3 aromatic rings. The summed E-state index contributed by atoms with van der Waals surface area (Å²) in [5, 5.41) is 8.51. The van der Waals surface area contributed by atoms with Crippen LogP contribution in [0.5, 0.6) is 0 Å². The molecule has 6 nitrogen and oxygen atoms in total. The standard InChI is InChI=1S/C24H26N4O2S/c29-22(27-24-25-13-14-31-24)12-11-20-16-28(15-18-7-3-1-4-8-18)17-21(20)26-23(30)19-9-5-2-6-10-19/h1-10,13-14,20-21H,11-12,15-17H2,(H,26,30)(H,25,27,29)/t20-,21+/m0/s1. The van der Waals surface area contributed by atoms with Gasteiger partial charge < -0.3 is 10.6 Å². The molecular weight excluding hydrogens is 408 g/mol. The summed E-state index contributed by atoms with van der Waals surface area (Å²) in [5.74, 6) is 0.104. The van der Waals surface area contributed by atoms with Crippen LogP contribution in [-0.4, -0.2) is 40.8 Å². The highest BCUT2D eigenvalue weighted by Crippen LogP contribution is 2.24. The predicted molar refractivity (Wildman–Crippen MR) is 123 cm³/mol. The first-order valence-electron chi connectivity index (χ1n) is 10.5. The van der Waals surface area contributed by atoms with E-state index in [1.807, 2.05) is 53.9 Å². The van der Waals surface area contributed by atoms with Gasteiger partial charge in [0.1, 0.15) is 0 Å². The van der Waals surface area contributed by atoms with Crippen molar-refractivity contribution < 1.29 is 9.59 Å². The average Bonchev–Trinajstić information content (AvgIpc) is 3.43. The van der Waals surface area contributed by atoms with Crippen molar-refractivity contribution in [1.82, 2.24) is 15.2 Å². The van der Waals surface area contributed by atoms with Gasteiger partial charge in [0.15, 0.2) is 5.13 Å². The van der Waals surface area contributed by atoms with Crippen molar-refractivity contribution >= 4 is 28.3 Å². The smallest absolute Gasteiger partial charge is 0.251 e. The monoisotopic (exact) mass is 434 g/mol. The van der Waals surface area contributed by atoms with Gasteiger partial charge in [0.05, 0.1) is 0 Å². The average molecular weight is 435 g/mol. The van der Waals surface area contributed by atoms with Gasteiger partial charge in [0.2, 0.25) is 5.91 Å². The zero-order chi connectivity index (χ0) is 21.5. The third-order valence-electron chi connectivity index (χ3n) is 5.54. The summed E-state index contributed by atoms with van der Waals surface area (Å²) in [4.78, 5) is 31.5. The lowest BCUT2D eigenvalue weighted by Crippen LogP contribution is -2.40. The van der Waals surface area contributed by atoms with Gasteiger partial charge in [0, 0.05) is 49.2 Å². The number of amides is 2. The van der Waals surface area contributed by atoms with Crippen LogP contribution in [0.3, 0.4) is 0 Å². The van der Waals surface area contributed by atoms with Crippen molar-refractivity contribution in [3.8, 4) is 0 Å². The third-order valence-corrected chi connectivity index (χ3v) is 6.23. The molecule has 1 aromatic heterocycles. The number of rotatable bonds is 8. The van der Waals surface area contributed by atoms with Gasteiger partial charge in [-0.15, -0.1) is 11.3 Å². The molecule has 7 heteroatoms. The minimum Gasteiger partial charge on any atom is -0.348 e. The lowest BCUT2D eigenvalue weighted by atomic mass is 9.97. The second-order valence-corrected chi connectivity index (χ2v) is 8.70. The molecule has 0 unspecified atom stereocenters. The van der Waals surface area contributed by atoms with Gasteiger partial charge in [-0.25, -0.2) is 4.98 Å². The van der Waals surface area contributed by atoms with Crippen LogP contribution in [-0.2, 0) is 11.3 Å². The zero-order valence-corrected chi connectivity index (χ0v) is 18.1. The Morgan fingerprint density at radius 1 is 1.03 bits per heavy atom. The molecule has 4 rings (SSSR count). The molecule has 1 fully saturated rings. The van der Waals surface area contributed by atoms with E-state index in [2.05, 4.69) is 32.7 Å². The Bertz CT molecular complexity index is 979. The normalized spacial score (nSPS) is 18.6. The van der Waals surface area contributed by atoms with E-state index in [0.717, 1.165) is 19.6 Å². The highest BCUT2D eigenvalue weighted by atomic mass is 32.1. The van der Waals surface area contributed by atoms with Crippen LogP contribution in [0, 0.1) is 5.92 Å². The summed E-state index contributed by atoms with van der Waals surface area (Å²) in [7, 11) is 0. The van der Waals surface area contributed by atoms with E-state index in [1.165, 1.54) is 16.9 Å². The van der Waals surface area contributed by atoms with E-state index in [4.69, 9.17) is 0 Å². The van der Waals surface area contributed by atoms with Gasteiger partial charge >= 0.3 is 0 Å². The maximum Gasteiger partial charge on any atom is 0.251 e. The molecule has 1 aliphatic heterocycles. The summed E-state index contributed by atoms with van der Waals surface area (Å²) >= 11 is 1.41. The van der Waals surface area contributed by atoms with E-state index in [1.54, 1.807) is 6.20 Å². The highest BCUT2D eigenvalue weighted by molar-refractivity contribution is 7.13. The largest absolute Gasteiger partial charge is 0.348 e. The summed E-state index contributed by atoms with van der Waals surface area (Å²) < 4.78 is 0. The van der Waals surface area contributed by atoms with E-state index in [-0.39, 0.29) is 23.8 Å². The molecule has 0 saturated carbocycles. The Morgan fingerprint density at radius 3 is 2.48 bits per heavy atom. The predicted octanol–water partition coefficient (Wildman–Crippen LogP) is 3.79. The Balaban J connectivity index is 1.39. The second kappa shape index (κ2) is 10.3. The van der Waals surface area contributed by atoms with Crippen molar-refractivity contribution in [3.05, 3.63) is 83.4 Å². The fourth-order valence-electron chi connectivity index (χ4n) is 4.01. The van der Waals surface area contributed by atoms with Crippen molar-refractivity contribution in [2.45, 2.75) is 25.4 Å². The Morgan fingerprint density at radius 2 is 1.77 bits per heavy atom. The molecule has 31 heavy (non-hydrogen) atoms. The quantitative estimate of drug-likeness (QED) is 0.566. The molecule has 2 N–H and O–H groups in total. The van der Waals surface area contributed by atoms with Crippen LogP contribution in [0.25, 0.3) is 0 Å². The first kappa shape index (κ1) is 21.2. The van der Waals surface area contributed by atoms with Crippen LogP contribution in [0.4, 0.5) is 5.13 Å². The van der Waals surface area contributed by atoms with Gasteiger partial charge in [-0.1, -0.05) is 48.5 Å². The zero-order valence-electron chi connectivity index (χ0n) is 17.2. The van der Waals surface area contributed by atoms with E-state index in [0.29, 0.717) is 23.5 Å². The summed E-state index contributed by atoms with van der Waals surface area (Å²) in [6, 6.07) is 19.6. The van der Waals surface area contributed by atoms with Crippen molar-refractivity contribution in [3.63, 3.8) is 0 Å². The van der Waals surface area contributed by atoms with Gasteiger partial charge in [-0.2, -0.15) is 0 Å². The molecule has 160 valence electrons. The number of nitrogens with zero attached hydrogens (tertiary/aromatic N) is 2. The number of carbonyl (C=O) groups is 2. The molecule has 2 heterocycles. The Kier molecular flexibility index (Phi) is 7.07. The number of carbonyl (C=O) groups excluding carboxylic acids is 2. The number of nitrogens with one attached hydrogen (secondary N) is 2. The Labute approximate surface area is 186 Å². The maximum absolute atomic E-state index is 12.7. The van der Waals surface area contributed by atoms with Gasteiger partial charge in [-0.3, -0.25) is 14.5 Å². The summed E-state index contributed by atoms with van der Waals surface area (Å²) in [6.45, 7) is 2.45. The molecular formula is C24H26N4O2S. The van der Waals surface area contributed by atoms with Crippen molar-refractivity contribution in [2.24, 2.45) is 5.92 Å². The fraction of sp³-hybridized carbons (Fsp3) is 0.292. The van der Waals surface area contributed by atoms with Gasteiger partial charge in [-0.05, 0) is 30.0 Å². The molecule has 0 spiro atoms. The SMILES string of the molecule is O=C(CC[C@H]1CN(Cc2ccccc2)C[C@H]1NC(=O)c1ccccc1)Nc1nccs1.